The molecule has 0 aromatic carbocycles. The van der Waals surface area contributed by atoms with Crippen LogP contribution < -0.4 is 5.32 Å². The molecule has 2 aromatic heterocycles. The maximum atomic E-state index is 5.60. The average Bonchev–Trinajstić information content (AvgIpc) is 3.03. The lowest BCUT2D eigenvalue weighted by atomic mass is 10.2. The first-order valence-corrected chi connectivity index (χ1v) is 7.35. The van der Waals surface area contributed by atoms with Crippen LogP contribution in [-0.4, -0.2) is 21.3 Å². The smallest absolute Gasteiger partial charge is 0.181 e. The van der Waals surface area contributed by atoms with Gasteiger partial charge in [0.1, 0.15) is 11.4 Å². The van der Waals surface area contributed by atoms with Crippen LogP contribution in [0.3, 0.4) is 0 Å². The summed E-state index contributed by atoms with van der Waals surface area (Å²) in [4.78, 5) is 4.33. The number of nitrogens with one attached hydrogen (secondary N) is 1. The molecule has 0 fully saturated rings. The maximum Gasteiger partial charge on any atom is 0.181 e. The highest BCUT2D eigenvalue weighted by Gasteiger charge is 2.16. The summed E-state index contributed by atoms with van der Waals surface area (Å²) in [6.45, 7) is 11.1. The molecule has 5 nitrogen and oxygen atoms in total. The van der Waals surface area contributed by atoms with Gasteiger partial charge in [-0.25, -0.2) is 4.98 Å². The van der Waals surface area contributed by atoms with Gasteiger partial charge in [-0.05, 0) is 31.9 Å². The summed E-state index contributed by atoms with van der Waals surface area (Å²) in [5.74, 6) is 1.45. The van der Waals surface area contributed by atoms with Gasteiger partial charge in [0.15, 0.2) is 12.2 Å². The van der Waals surface area contributed by atoms with E-state index in [1.54, 1.807) is 0 Å². The zero-order valence-electron chi connectivity index (χ0n) is 12.8. The molecule has 0 aliphatic carbocycles. The van der Waals surface area contributed by atoms with E-state index in [9.17, 15) is 0 Å². The van der Waals surface area contributed by atoms with E-state index >= 15 is 0 Å². The van der Waals surface area contributed by atoms with Gasteiger partial charge in [-0.2, -0.15) is 5.10 Å². The quantitative estimate of drug-likeness (QED) is 0.845. The Morgan fingerprint density at radius 1 is 1.35 bits per heavy atom. The molecule has 0 saturated carbocycles. The molecule has 2 rings (SSSR count). The average molecular weight is 276 g/mol. The summed E-state index contributed by atoms with van der Waals surface area (Å²) >= 11 is 0. The fourth-order valence-electron chi connectivity index (χ4n) is 2.15. The van der Waals surface area contributed by atoms with Gasteiger partial charge in [-0.1, -0.05) is 20.8 Å². The van der Waals surface area contributed by atoms with Crippen LogP contribution in [0.2, 0.25) is 0 Å². The molecule has 1 N–H and O–H groups in total. The summed E-state index contributed by atoms with van der Waals surface area (Å²) in [6.07, 6.45) is 2.44. The number of nitrogens with zero attached hydrogens (tertiary/aromatic N) is 3. The molecular weight excluding hydrogens is 252 g/mol. The van der Waals surface area contributed by atoms with Gasteiger partial charge in [0.2, 0.25) is 0 Å². The van der Waals surface area contributed by atoms with Crippen LogP contribution in [0.5, 0.6) is 0 Å². The first kappa shape index (κ1) is 14.8. The minimum Gasteiger partial charge on any atom is -0.442 e. The Balaban J connectivity index is 2.20. The van der Waals surface area contributed by atoms with E-state index < -0.39 is 0 Å². The van der Waals surface area contributed by atoms with Crippen molar-refractivity contribution in [2.75, 3.05) is 6.54 Å². The SMILES string of the molecule is CCc1cc(-c2ocnc2CNCC(C)C)n(CC)n1. The number of aromatic nitrogens is 3. The van der Waals surface area contributed by atoms with Crippen molar-refractivity contribution in [1.29, 1.82) is 0 Å². The van der Waals surface area contributed by atoms with Gasteiger partial charge < -0.3 is 9.73 Å². The Hall–Kier alpha value is -1.62. The monoisotopic (exact) mass is 276 g/mol. The minimum absolute atomic E-state index is 0.623. The third kappa shape index (κ3) is 3.28. The van der Waals surface area contributed by atoms with Crippen molar-refractivity contribution >= 4 is 0 Å². The molecule has 2 heterocycles. The fraction of sp³-hybridized carbons (Fsp3) is 0.600. The zero-order chi connectivity index (χ0) is 14.5. The molecule has 20 heavy (non-hydrogen) atoms. The van der Waals surface area contributed by atoms with Crippen molar-refractivity contribution in [1.82, 2.24) is 20.1 Å². The number of rotatable bonds is 7. The Labute approximate surface area is 120 Å². The highest BCUT2D eigenvalue weighted by Crippen LogP contribution is 2.24. The lowest BCUT2D eigenvalue weighted by Gasteiger charge is -2.07. The maximum absolute atomic E-state index is 5.60. The first-order chi connectivity index (χ1) is 9.65. The highest BCUT2D eigenvalue weighted by molar-refractivity contribution is 5.56. The third-order valence-corrected chi connectivity index (χ3v) is 3.21. The van der Waals surface area contributed by atoms with Crippen molar-refractivity contribution in [3.8, 4) is 11.5 Å². The van der Waals surface area contributed by atoms with Crippen LogP contribution in [0.25, 0.3) is 11.5 Å². The molecule has 0 aliphatic rings. The van der Waals surface area contributed by atoms with Gasteiger partial charge in [0.05, 0.1) is 5.69 Å². The Bertz CT molecular complexity index is 542. The molecule has 110 valence electrons. The van der Waals surface area contributed by atoms with Crippen molar-refractivity contribution in [2.24, 2.45) is 5.92 Å². The van der Waals surface area contributed by atoms with Crippen LogP contribution in [-0.2, 0) is 19.5 Å². The predicted octanol–water partition coefficient (Wildman–Crippen LogP) is 2.87. The van der Waals surface area contributed by atoms with E-state index in [1.807, 2.05) is 4.68 Å². The Morgan fingerprint density at radius 3 is 2.80 bits per heavy atom. The van der Waals surface area contributed by atoms with Crippen molar-refractivity contribution in [2.45, 2.75) is 47.2 Å². The number of aryl methyl sites for hydroxylation is 2. The van der Waals surface area contributed by atoms with E-state index in [1.165, 1.54) is 6.39 Å². The fourth-order valence-corrected chi connectivity index (χ4v) is 2.15. The van der Waals surface area contributed by atoms with Crippen molar-refractivity contribution in [3.63, 3.8) is 0 Å². The van der Waals surface area contributed by atoms with E-state index in [-0.39, 0.29) is 0 Å². The van der Waals surface area contributed by atoms with Crippen molar-refractivity contribution < 1.29 is 4.42 Å². The lowest BCUT2D eigenvalue weighted by molar-refractivity contribution is 0.540. The summed E-state index contributed by atoms with van der Waals surface area (Å²) in [5.41, 5.74) is 3.05. The Kier molecular flexibility index (Phi) is 4.95. The summed E-state index contributed by atoms with van der Waals surface area (Å²) in [5, 5.41) is 7.96. The molecule has 0 radical (unpaired) electrons. The van der Waals surface area contributed by atoms with Crippen LogP contribution in [0.4, 0.5) is 0 Å². The summed E-state index contributed by atoms with van der Waals surface area (Å²) in [7, 11) is 0. The second-order valence-electron chi connectivity index (χ2n) is 5.34. The molecule has 5 heteroatoms. The second-order valence-corrected chi connectivity index (χ2v) is 5.34. The predicted molar refractivity (Wildman–Crippen MR) is 79.3 cm³/mol. The van der Waals surface area contributed by atoms with Crippen LogP contribution >= 0.6 is 0 Å². The largest absolute Gasteiger partial charge is 0.442 e. The topological polar surface area (TPSA) is 55.9 Å². The van der Waals surface area contributed by atoms with Crippen molar-refractivity contribution in [3.05, 3.63) is 23.8 Å². The normalized spacial score (nSPS) is 11.4. The second kappa shape index (κ2) is 6.70. The third-order valence-electron chi connectivity index (χ3n) is 3.21. The summed E-state index contributed by atoms with van der Waals surface area (Å²) in [6, 6.07) is 2.09. The molecule has 0 aliphatic heterocycles. The van der Waals surface area contributed by atoms with E-state index in [0.717, 1.165) is 48.9 Å². The molecule has 0 unspecified atom stereocenters. The van der Waals surface area contributed by atoms with Crippen LogP contribution in [0, 0.1) is 5.92 Å². The van der Waals surface area contributed by atoms with Crippen LogP contribution in [0.15, 0.2) is 16.9 Å². The Morgan fingerprint density at radius 2 is 2.15 bits per heavy atom. The van der Waals surface area contributed by atoms with E-state index in [0.29, 0.717) is 5.92 Å². The number of oxazole rings is 1. The molecule has 0 spiro atoms. The summed E-state index contributed by atoms with van der Waals surface area (Å²) < 4.78 is 7.57. The molecule has 0 saturated heterocycles. The van der Waals surface area contributed by atoms with Gasteiger partial charge >= 0.3 is 0 Å². The molecule has 2 aromatic rings. The van der Waals surface area contributed by atoms with E-state index in [4.69, 9.17) is 4.42 Å². The lowest BCUT2D eigenvalue weighted by Crippen LogP contribution is -2.19. The number of hydrogen-bond acceptors (Lipinski definition) is 4. The van der Waals surface area contributed by atoms with Crippen LogP contribution in [0.1, 0.15) is 39.1 Å². The number of hydrogen-bond donors (Lipinski definition) is 1. The standard InChI is InChI=1S/C15H24N4O/c1-5-12-7-14(19(6-2)18-12)15-13(17-10-20-15)9-16-8-11(3)4/h7,10-11,16H,5-6,8-9H2,1-4H3. The molecule has 0 atom stereocenters. The highest BCUT2D eigenvalue weighted by atomic mass is 16.3. The minimum atomic E-state index is 0.623. The first-order valence-electron chi connectivity index (χ1n) is 7.35. The molecule has 0 amide bonds. The van der Waals surface area contributed by atoms with Gasteiger partial charge in [-0.15, -0.1) is 0 Å². The van der Waals surface area contributed by atoms with E-state index in [2.05, 4.69) is 49.2 Å². The van der Waals surface area contributed by atoms with Gasteiger partial charge in [-0.3, -0.25) is 4.68 Å². The molecule has 0 bridgehead atoms. The zero-order valence-corrected chi connectivity index (χ0v) is 12.8. The molecular formula is C15H24N4O. The van der Waals surface area contributed by atoms with Gasteiger partial charge in [0, 0.05) is 13.1 Å². The van der Waals surface area contributed by atoms with Gasteiger partial charge in [0.25, 0.3) is 0 Å².